The third kappa shape index (κ3) is 12.9. The zero-order valence-corrected chi connectivity index (χ0v) is 38.6. The van der Waals surface area contributed by atoms with Crippen molar-refractivity contribution in [1.29, 1.82) is 0 Å². The van der Waals surface area contributed by atoms with Crippen molar-refractivity contribution in [3.63, 3.8) is 0 Å². The van der Waals surface area contributed by atoms with Crippen LogP contribution in [0.25, 0.3) is 0 Å². The van der Waals surface area contributed by atoms with Crippen LogP contribution in [0.3, 0.4) is 0 Å². The van der Waals surface area contributed by atoms with Gasteiger partial charge in [-0.25, -0.2) is 0 Å². The van der Waals surface area contributed by atoms with Crippen LogP contribution >= 0.6 is 11.8 Å². The Morgan fingerprint density at radius 3 is 1.42 bits per heavy atom. The van der Waals surface area contributed by atoms with Crippen LogP contribution in [0.4, 0.5) is 0 Å². The molecule has 3 heterocycles. The Morgan fingerprint density at radius 2 is 0.910 bits per heavy atom. The fourth-order valence-electron chi connectivity index (χ4n) is 8.73. The number of hydrogen-bond donors (Lipinski definition) is 0. The number of hydrogen-bond acceptors (Lipinski definition) is 11. The molecule has 0 N–H and O–H groups in total. The number of benzene rings is 6. The lowest BCUT2D eigenvalue weighted by Gasteiger charge is -2.51. The Bertz CT molecular complexity index is 2300. The van der Waals surface area contributed by atoms with E-state index in [2.05, 4.69) is 55.5 Å². The quantitative estimate of drug-likeness (QED) is 0.0691. The van der Waals surface area contributed by atoms with Gasteiger partial charge in [-0.05, 0) is 33.6 Å². The lowest BCUT2D eigenvalue weighted by atomic mass is 9.95. The predicted molar refractivity (Wildman–Crippen MR) is 257 cm³/mol. The van der Waals surface area contributed by atoms with Gasteiger partial charge < -0.3 is 47.4 Å². The Kier molecular flexibility index (Phi) is 17.3. The molecular weight excluding hydrogens is 865 g/mol. The van der Waals surface area contributed by atoms with Crippen molar-refractivity contribution in [2.24, 2.45) is 0 Å². The Labute approximate surface area is 398 Å². The summed E-state index contributed by atoms with van der Waals surface area (Å²) in [6, 6.07) is 60.6. The molecule has 0 aromatic heterocycles. The molecule has 9 rings (SSSR count). The molecule has 10 nitrogen and oxygen atoms in total. The van der Waals surface area contributed by atoms with Crippen molar-refractivity contribution < 1.29 is 47.4 Å². The van der Waals surface area contributed by atoms with Gasteiger partial charge in [0.05, 0.1) is 46.2 Å². The van der Waals surface area contributed by atoms with Crippen LogP contribution in [0.1, 0.15) is 46.6 Å². The summed E-state index contributed by atoms with van der Waals surface area (Å²) in [4.78, 5) is 0. The highest BCUT2D eigenvalue weighted by atomic mass is 32.2. The zero-order valence-electron chi connectivity index (χ0n) is 37.8. The Balaban J connectivity index is 1.08. The van der Waals surface area contributed by atoms with Gasteiger partial charge in [-0.3, -0.25) is 0 Å². The van der Waals surface area contributed by atoms with E-state index in [0.29, 0.717) is 26.4 Å². The molecule has 350 valence electrons. The fourth-order valence-corrected chi connectivity index (χ4v) is 9.70. The summed E-state index contributed by atoms with van der Waals surface area (Å²) in [5.74, 6) is 0.791. The molecule has 0 amide bonds. The monoisotopic (exact) mass is 924 g/mol. The minimum Gasteiger partial charge on any atom is -0.374 e. The van der Waals surface area contributed by atoms with Crippen LogP contribution in [-0.2, 0) is 80.4 Å². The van der Waals surface area contributed by atoms with Crippen molar-refractivity contribution in [1.82, 2.24) is 0 Å². The Morgan fingerprint density at radius 1 is 0.463 bits per heavy atom. The first-order chi connectivity index (χ1) is 33.2. The SMILES string of the molecule is CCS[C@@H]1O[C@H](COCc2ccccc2)[C@@H](O[C@@H]2O[C@@H]3CO[C@@H](c4ccccc4)O[C@H]3[C@H](OCc3ccccc3)[C@H]2OCc2ccccc2)[C@H](OCc2ccccc2)[C@H]1OCc1ccccc1. The first kappa shape index (κ1) is 47.3. The minimum atomic E-state index is -0.996. The molecule has 3 aliphatic rings. The molecule has 11 heteroatoms. The highest BCUT2D eigenvalue weighted by molar-refractivity contribution is 7.99. The van der Waals surface area contributed by atoms with Gasteiger partial charge in [0, 0.05) is 5.56 Å². The summed E-state index contributed by atoms with van der Waals surface area (Å²) in [5.41, 5.74) is 5.61. The summed E-state index contributed by atoms with van der Waals surface area (Å²) in [6.45, 7) is 4.20. The highest BCUT2D eigenvalue weighted by Gasteiger charge is 2.55. The van der Waals surface area contributed by atoms with E-state index >= 15 is 0 Å². The predicted octanol–water partition coefficient (Wildman–Crippen LogP) is 10.2. The van der Waals surface area contributed by atoms with E-state index in [9.17, 15) is 0 Å². The molecule has 0 spiro atoms. The van der Waals surface area contributed by atoms with Crippen LogP contribution in [0.2, 0.25) is 0 Å². The molecule has 0 unspecified atom stereocenters. The van der Waals surface area contributed by atoms with Gasteiger partial charge in [0.2, 0.25) is 0 Å². The minimum absolute atomic E-state index is 0.212. The van der Waals surface area contributed by atoms with Gasteiger partial charge in [0.1, 0.15) is 54.3 Å². The van der Waals surface area contributed by atoms with E-state index in [-0.39, 0.29) is 19.8 Å². The van der Waals surface area contributed by atoms with Crippen LogP contribution in [0.5, 0.6) is 0 Å². The molecule has 0 bridgehead atoms. The Hall–Kier alpha value is -4.73. The highest BCUT2D eigenvalue weighted by Crippen LogP contribution is 2.41. The number of ether oxygens (including phenoxy) is 10. The average molecular weight is 925 g/mol. The number of thioether (sulfide) groups is 1. The summed E-state index contributed by atoms with van der Waals surface area (Å²) in [6.07, 6.45) is -6.79. The van der Waals surface area contributed by atoms with Crippen molar-refractivity contribution in [2.45, 2.75) is 107 Å². The standard InChI is InChI=1S/C56H60O10S/c1-2-67-56-53(61-37-44-29-17-7-18-30-44)51(59-35-42-25-13-5-14-26-42)48(46(64-56)38-57-33-40-21-9-3-10-22-40)66-55-52(60-36-43-27-15-6-16-28-43)50(58-34-41-23-11-4-12-24-41)49-47(63-55)39-62-54(65-49)45-31-19-8-20-32-45/h3-32,46-56H,2,33-39H2,1H3/t46-,47-,48-,49-,50+,51+,52-,53-,54-,55+,56+/m1/s1. The average Bonchev–Trinajstić information content (AvgIpc) is 3.39. The van der Waals surface area contributed by atoms with Crippen LogP contribution < -0.4 is 0 Å². The van der Waals surface area contributed by atoms with Gasteiger partial charge in [-0.2, -0.15) is 0 Å². The zero-order chi connectivity index (χ0) is 45.5. The van der Waals surface area contributed by atoms with Crippen molar-refractivity contribution in [3.05, 3.63) is 215 Å². The fraction of sp³-hybridized carbons (Fsp3) is 0.357. The molecule has 67 heavy (non-hydrogen) atoms. The maximum absolute atomic E-state index is 7.44. The second kappa shape index (κ2) is 24.5. The molecule has 0 saturated carbocycles. The van der Waals surface area contributed by atoms with E-state index in [0.717, 1.165) is 39.1 Å². The van der Waals surface area contributed by atoms with Gasteiger partial charge in [0.25, 0.3) is 0 Å². The molecule has 3 saturated heterocycles. The van der Waals surface area contributed by atoms with Crippen LogP contribution in [-0.4, -0.2) is 79.5 Å². The van der Waals surface area contributed by atoms with Crippen molar-refractivity contribution >= 4 is 11.8 Å². The third-order valence-electron chi connectivity index (χ3n) is 12.1. The summed E-state index contributed by atoms with van der Waals surface area (Å²) >= 11 is 1.68. The van der Waals surface area contributed by atoms with Crippen molar-refractivity contribution in [3.8, 4) is 0 Å². The van der Waals surface area contributed by atoms with Crippen LogP contribution in [0.15, 0.2) is 182 Å². The second-order valence-corrected chi connectivity index (χ2v) is 18.2. The largest absolute Gasteiger partial charge is 0.374 e. The van der Waals surface area contributed by atoms with Crippen LogP contribution in [0, 0.1) is 0 Å². The van der Waals surface area contributed by atoms with E-state index in [1.54, 1.807) is 11.8 Å². The van der Waals surface area contributed by atoms with Gasteiger partial charge in [-0.1, -0.05) is 189 Å². The maximum Gasteiger partial charge on any atom is 0.187 e. The van der Waals surface area contributed by atoms with Gasteiger partial charge in [0.15, 0.2) is 12.6 Å². The first-order valence-corrected chi connectivity index (χ1v) is 24.4. The number of fused-ring (bicyclic) bond motifs is 1. The molecule has 0 aliphatic carbocycles. The summed E-state index contributed by atoms with van der Waals surface area (Å²) in [5, 5.41) is 0. The molecule has 6 aromatic rings. The first-order valence-electron chi connectivity index (χ1n) is 23.3. The summed E-state index contributed by atoms with van der Waals surface area (Å²) in [7, 11) is 0. The maximum atomic E-state index is 7.44. The topological polar surface area (TPSA) is 92.3 Å². The lowest BCUT2D eigenvalue weighted by molar-refractivity contribution is -0.389. The van der Waals surface area contributed by atoms with E-state index in [1.165, 1.54) is 0 Å². The molecule has 0 radical (unpaired) electrons. The lowest BCUT2D eigenvalue weighted by Crippen LogP contribution is -2.66. The smallest absolute Gasteiger partial charge is 0.187 e. The normalized spacial score (nSPS) is 27.3. The van der Waals surface area contributed by atoms with Gasteiger partial charge >= 0.3 is 0 Å². The van der Waals surface area contributed by atoms with Crippen molar-refractivity contribution in [2.75, 3.05) is 19.0 Å². The molecule has 11 atom stereocenters. The second-order valence-electron chi connectivity index (χ2n) is 16.9. The van der Waals surface area contributed by atoms with E-state index in [4.69, 9.17) is 47.4 Å². The molecular formula is C56H60O10S. The summed E-state index contributed by atoms with van der Waals surface area (Å²) < 4.78 is 69.4. The molecule has 3 fully saturated rings. The van der Waals surface area contributed by atoms with Gasteiger partial charge in [-0.15, -0.1) is 11.8 Å². The van der Waals surface area contributed by atoms with E-state index in [1.807, 2.05) is 133 Å². The molecule has 3 aliphatic heterocycles. The molecule has 6 aromatic carbocycles. The van der Waals surface area contributed by atoms with E-state index < -0.39 is 66.8 Å². The number of rotatable bonds is 21. The third-order valence-corrected chi connectivity index (χ3v) is 13.1.